The third kappa shape index (κ3) is 29.7. The number of aliphatic imine (C=N–C) groups is 5. The van der Waals surface area contributed by atoms with Crippen molar-refractivity contribution in [3.8, 4) is 0 Å². The Morgan fingerprint density at radius 2 is 1.04 bits per heavy atom. The van der Waals surface area contributed by atoms with Gasteiger partial charge in [-0.3, -0.25) is 73.0 Å². The number of Topliss-reactive ketones (excluding diaryl/α,β-unsaturated/α-hetero) is 3. The molecular formula is C79H124N23O10S+. The van der Waals surface area contributed by atoms with Gasteiger partial charge >= 0.3 is 0 Å². The number of imide groups is 1. The molecule has 620 valence electrons. The first-order valence-corrected chi connectivity index (χ1v) is 40.0. The molecule has 0 radical (unpaired) electrons. The predicted molar refractivity (Wildman–Crippen MR) is 446 cm³/mol. The van der Waals surface area contributed by atoms with Crippen LogP contribution in [0.5, 0.6) is 0 Å². The normalized spacial score (nSPS) is 16.6. The Morgan fingerprint density at radius 1 is 0.566 bits per heavy atom. The molecule has 3 aliphatic rings. The minimum atomic E-state index is -1.41. The van der Waals surface area contributed by atoms with Gasteiger partial charge in [-0.25, -0.2) is 0 Å². The second-order valence-corrected chi connectivity index (χ2v) is 31.3. The van der Waals surface area contributed by atoms with Crippen LogP contribution in [-0.4, -0.2) is 192 Å². The van der Waals surface area contributed by atoms with Crippen LogP contribution in [0.2, 0.25) is 0 Å². The number of primary amides is 1. The fraction of sp³-hybridized carbons (Fsp3) is 0.570. The van der Waals surface area contributed by atoms with E-state index in [0.29, 0.717) is 12.8 Å². The highest BCUT2D eigenvalue weighted by Crippen LogP contribution is 2.48. The molecule has 1 unspecified atom stereocenters. The Balaban J connectivity index is 1.22. The summed E-state index contributed by atoms with van der Waals surface area (Å²) in [4.78, 5) is 162. The molecule has 26 N–H and O–H groups in total. The molecule has 1 saturated heterocycles. The number of nitrogens with zero attached hydrogens (tertiary/aromatic N) is 8. The van der Waals surface area contributed by atoms with Gasteiger partial charge < -0.3 is 94.0 Å². The molecule has 0 aliphatic carbocycles. The van der Waals surface area contributed by atoms with Gasteiger partial charge in [-0.2, -0.15) is 4.58 Å². The number of fused-ring (bicyclic) bond motifs is 2. The van der Waals surface area contributed by atoms with E-state index in [1.807, 2.05) is 0 Å². The summed E-state index contributed by atoms with van der Waals surface area (Å²) in [5.74, 6) is -10.4. The third-order valence-electron chi connectivity index (χ3n) is 20.3. The molecule has 5 rings (SSSR count). The molecule has 0 spiro atoms. The Hall–Kier alpha value is -10.7. The average molecular weight is 1590 g/mol. The number of hydrogen-bond acceptors (Lipinski definition) is 17. The summed E-state index contributed by atoms with van der Waals surface area (Å²) in [6.07, 6.45) is 13.0. The first-order valence-electron chi connectivity index (χ1n) is 38.9. The molecule has 1 fully saturated rings. The van der Waals surface area contributed by atoms with Crippen molar-refractivity contribution in [3.63, 3.8) is 0 Å². The topological polar surface area (TPSA) is 576 Å². The lowest BCUT2D eigenvalue weighted by molar-refractivity contribution is -0.438. The van der Waals surface area contributed by atoms with Crippen LogP contribution < -0.4 is 89.2 Å². The summed E-state index contributed by atoms with van der Waals surface area (Å²) in [6, 6.07) is 9.33. The van der Waals surface area contributed by atoms with Gasteiger partial charge in [0, 0.05) is 149 Å². The number of thioether (sulfide) groups is 1. The number of likely N-dealkylation sites (tertiary alicyclic amines) is 1. The van der Waals surface area contributed by atoms with E-state index in [0.717, 1.165) is 42.6 Å². The zero-order chi connectivity index (χ0) is 83.7. The van der Waals surface area contributed by atoms with Gasteiger partial charge in [0.25, 0.3) is 0 Å². The van der Waals surface area contributed by atoms with Crippen LogP contribution >= 0.6 is 11.8 Å². The quantitative estimate of drug-likeness (QED) is 0.0112. The van der Waals surface area contributed by atoms with E-state index in [4.69, 9.17) is 63.1 Å². The SMILES string of the molecule is CCN1C(=CC=CC=CC2=[N+](CCCCCC(=O)NCCN3C(=O)CC(SC[C@@H](NC(=O)[C@@H](CCCN=C(N)N)CC(=O)[C@@H](CCCN=C(N)N)NC(=O)[C@@H](CCCN=C(N)N)CC(=O)[C@@H](CCCN=C(N)N)NC(=O)[C@@H](CCCN=C(N)N)CC(C)=O)C(N)=O)C3=O)c3ccc(C)cc3C2(C)C)C(C)(C)c2cc(C)ccc21. The van der Waals surface area contributed by atoms with E-state index < -0.39 is 101 Å². The van der Waals surface area contributed by atoms with Crippen LogP contribution in [0.3, 0.4) is 0 Å². The third-order valence-corrected chi connectivity index (χ3v) is 21.6. The van der Waals surface area contributed by atoms with E-state index in [2.05, 4.69) is 171 Å². The Morgan fingerprint density at radius 3 is 1.51 bits per heavy atom. The van der Waals surface area contributed by atoms with Crippen LogP contribution in [0, 0.1) is 31.6 Å². The van der Waals surface area contributed by atoms with Crippen LogP contribution in [-0.2, 0) is 58.8 Å². The second-order valence-electron chi connectivity index (χ2n) is 30.1. The maximum atomic E-state index is 14.8. The molecule has 3 heterocycles. The molecule has 2 aromatic rings. The lowest BCUT2D eigenvalue weighted by Crippen LogP contribution is -2.50. The summed E-state index contributed by atoms with van der Waals surface area (Å²) in [7, 11) is 0. The Bertz CT molecular complexity index is 3970. The number of aryl methyl sites for hydroxylation is 2. The maximum absolute atomic E-state index is 14.8. The average Bonchev–Trinajstić information content (AvgIpc) is 1.60. The largest absolute Gasteiger partial charge is 0.370 e. The van der Waals surface area contributed by atoms with Crippen molar-refractivity contribution in [2.24, 2.45) is 106 Å². The summed E-state index contributed by atoms with van der Waals surface area (Å²) >= 11 is 0.936. The van der Waals surface area contributed by atoms with Crippen LogP contribution in [0.4, 0.5) is 11.4 Å². The second kappa shape index (κ2) is 45.7. The number of carbonyl (C=O) groups excluding carboxylic acids is 10. The van der Waals surface area contributed by atoms with Crippen LogP contribution in [0.15, 0.2) is 97.4 Å². The lowest BCUT2D eigenvalue weighted by Gasteiger charge is -2.26. The molecule has 0 bridgehead atoms. The molecule has 113 heavy (non-hydrogen) atoms. The van der Waals surface area contributed by atoms with Crippen molar-refractivity contribution in [2.45, 2.75) is 205 Å². The van der Waals surface area contributed by atoms with Crippen molar-refractivity contribution in [1.29, 1.82) is 0 Å². The summed E-state index contributed by atoms with van der Waals surface area (Å²) in [6.45, 7) is 18.7. The van der Waals surface area contributed by atoms with E-state index in [1.54, 1.807) is 0 Å². The van der Waals surface area contributed by atoms with Gasteiger partial charge in [-0.15, -0.1) is 11.8 Å². The van der Waals surface area contributed by atoms with Crippen molar-refractivity contribution < 1.29 is 52.5 Å². The molecular weight excluding hydrogens is 1460 g/mol. The first kappa shape index (κ1) is 92.9. The molecule has 7 amide bonds. The number of allylic oxidation sites excluding steroid dienone is 6. The lowest BCUT2D eigenvalue weighted by atomic mass is 9.81. The summed E-state index contributed by atoms with van der Waals surface area (Å²) < 4.78 is 2.39. The molecule has 7 atom stereocenters. The predicted octanol–water partition coefficient (Wildman–Crippen LogP) is 1.98. The number of ketones is 3. The number of benzene rings is 2. The highest BCUT2D eigenvalue weighted by molar-refractivity contribution is 8.00. The summed E-state index contributed by atoms with van der Waals surface area (Å²) in [5, 5.41) is 10.1. The fourth-order valence-electron chi connectivity index (χ4n) is 14.3. The number of anilines is 1. The van der Waals surface area contributed by atoms with Gasteiger partial charge in [-0.1, -0.05) is 61.4 Å². The van der Waals surface area contributed by atoms with Crippen molar-refractivity contribution in [3.05, 3.63) is 94.7 Å². The molecule has 0 aromatic heterocycles. The highest BCUT2D eigenvalue weighted by atomic mass is 32.2. The number of nitrogens with one attached hydrogen (secondary N) is 4. The van der Waals surface area contributed by atoms with Crippen LogP contribution in [0.25, 0.3) is 0 Å². The highest BCUT2D eigenvalue weighted by Gasteiger charge is 2.45. The number of likely N-dealkylation sites (N-methyl/N-ethyl adjacent to an activating group) is 1. The standard InChI is InChI=1S/C79H123N23O10S/c1-9-100-59-31-29-48(2)41-54(59)78(5,6)64(100)26-12-10-13-27-65-79(7,8)55-42-49(3)30-32-60(55)101(65)39-15-11-14-28-66(106)91-38-40-102-67(107)46-63(72(102)112)113-47-58(68(80)108)99-71(111)53(23-18-35-94-75(85)86)45-62(105)57(25-20-37-96-77(89)90)98-70(110)52(22-17-34-93-74(83)84)44-61(104)56(24-19-36-95-76(87)88)97-69(109)51(43-50(4)103)21-16-33-92-73(81)82/h10,12-13,26-27,29-32,41-42,51-53,56-58,63H,9,11,14-25,28,33-40,43-47H2,1-8H3,(H25-,80,81,82,83,84,85,86,87,88,89,90,91,92,93,94,95,96,97,98,99,106,108,109,110,111)/p+1/t51-,52-,53-,56+,57+,58+,63?/m0/s1. The smallest absolute Gasteiger partial charge is 0.242 e. The molecule has 3 aliphatic heterocycles. The van der Waals surface area contributed by atoms with Gasteiger partial charge in [0.2, 0.25) is 47.0 Å². The number of rotatable bonds is 51. The van der Waals surface area contributed by atoms with Gasteiger partial charge in [0.15, 0.2) is 47.1 Å². The number of amides is 7. The maximum Gasteiger partial charge on any atom is 0.242 e. The molecule has 33 nitrogen and oxygen atoms in total. The van der Waals surface area contributed by atoms with E-state index >= 15 is 0 Å². The Labute approximate surface area is 668 Å². The van der Waals surface area contributed by atoms with Crippen molar-refractivity contribution in [1.82, 2.24) is 26.2 Å². The summed E-state index contributed by atoms with van der Waals surface area (Å²) in [5.41, 5.74) is 71.2. The number of hydrogen-bond donors (Lipinski definition) is 15. The molecule has 0 saturated carbocycles. The van der Waals surface area contributed by atoms with E-state index in [1.165, 1.54) is 52.0 Å². The number of nitrogens with two attached hydrogens (primary N) is 11. The monoisotopic (exact) mass is 1590 g/mol. The van der Waals surface area contributed by atoms with E-state index in [9.17, 15) is 47.9 Å². The first-order chi connectivity index (χ1) is 53.5. The minimum Gasteiger partial charge on any atom is -0.370 e. The minimum absolute atomic E-state index is 0.00224. The van der Waals surface area contributed by atoms with Crippen molar-refractivity contribution >= 4 is 117 Å². The van der Waals surface area contributed by atoms with Gasteiger partial charge in [0.1, 0.15) is 18.4 Å². The number of unbranched alkanes of at least 4 members (excludes halogenated alkanes) is 2. The number of guanidine groups is 5. The van der Waals surface area contributed by atoms with Crippen molar-refractivity contribution in [2.75, 3.05) is 69.6 Å². The molecule has 34 heteroatoms. The number of carbonyl (C=O) groups is 10. The van der Waals surface area contributed by atoms with Gasteiger partial charge in [-0.05, 0) is 142 Å². The fourth-order valence-corrected chi connectivity index (χ4v) is 15.5. The zero-order valence-electron chi connectivity index (χ0n) is 67.1. The van der Waals surface area contributed by atoms with Gasteiger partial charge in [0.05, 0.1) is 22.7 Å². The molecule has 2 aromatic carbocycles. The zero-order valence-corrected chi connectivity index (χ0v) is 67.9. The van der Waals surface area contributed by atoms with E-state index in [-0.39, 0.29) is 181 Å². The van der Waals surface area contributed by atoms with Crippen LogP contribution in [0.1, 0.15) is 179 Å². The Kier molecular flexibility index (Phi) is 37.6.